The topological polar surface area (TPSA) is 51.2 Å². The van der Waals surface area contributed by atoms with Gasteiger partial charge in [0, 0.05) is 0 Å². The fraction of sp³-hybridized carbons (Fsp3) is 0.118. The van der Waals surface area contributed by atoms with Gasteiger partial charge >= 0.3 is 5.25 Å². The van der Waals surface area contributed by atoms with E-state index in [1.807, 2.05) is 6.92 Å². The third-order valence-corrected chi connectivity index (χ3v) is 4.95. The van der Waals surface area contributed by atoms with E-state index in [4.69, 9.17) is 0 Å². The molecule has 0 bridgehead atoms. The maximum Gasteiger partial charge on any atom is 0.410 e. The highest BCUT2D eigenvalue weighted by molar-refractivity contribution is 7.93. The number of hydrogen-bond donors (Lipinski definition) is 0. The smallest absolute Gasteiger partial charge is 0.287 e. The van der Waals surface area contributed by atoms with Crippen LogP contribution in [-0.4, -0.2) is 19.5 Å². The van der Waals surface area contributed by atoms with E-state index < -0.39 is 25.8 Å². The molecule has 0 radical (unpaired) electrons. The molecule has 0 spiro atoms. The Bertz CT molecular complexity index is 824. The van der Waals surface area contributed by atoms with Crippen molar-refractivity contribution in [2.45, 2.75) is 17.1 Å². The van der Waals surface area contributed by atoms with Gasteiger partial charge in [0.2, 0.25) is 5.78 Å². The number of ketones is 1. The minimum absolute atomic E-state index is 0.525. The molecule has 0 atom stereocenters. The van der Waals surface area contributed by atoms with Crippen LogP contribution >= 0.6 is 0 Å². The lowest BCUT2D eigenvalue weighted by molar-refractivity contribution is -0.128. The molecule has 0 saturated heterocycles. The highest BCUT2D eigenvalue weighted by atomic mass is 32.2. The van der Waals surface area contributed by atoms with Gasteiger partial charge in [-0.3, -0.25) is 4.79 Å². The lowest BCUT2D eigenvalue weighted by atomic mass is 10.1. The summed E-state index contributed by atoms with van der Waals surface area (Å²) in [6.07, 6.45) is 1.75. The molecule has 0 aliphatic heterocycles. The maximum absolute atomic E-state index is 14.1. The standard InChI is InChI=1S/C17H14F2O3S/c1-13-7-9-14(10-8-13)11-12-16(20)17(18,19)23(21,22)15-5-3-2-4-6-15/h2-12H,1H3/b12-11+. The molecule has 0 aromatic heterocycles. The van der Waals surface area contributed by atoms with Crippen molar-refractivity contribution in [1.82, 2.24) is 0 Å². The number of carbonyl (C=O) groups is 1. The van der Waals surface area contributed by atoms with Gasteiger partial charge in [-0.2, -0.15) is 8.78 Å². The number of alkyl halides is 2. The van der Waals surface area contributed by atoms with Crippen LogP contribution in [0, 0.1) is 6.92 Å². The van der Waals surface area contributed by atoms with Crippen LogP contribution in [0.25, 0.3) is 6.08 Å². The van der Waals surface area contributed by atoms with Crippen LogP contribution in [0.4, 0.5) is 8.78 Å². The Morgan fingerprint density at radius 2 is 1.57 bits per heavy atom. The van der Waals surface area contributed by atoms with Crippen LogP contribution in [-0.2, 0) is 14.6 Å². The molecule has 6 heteroatoms. The molecule has 23 heavy (non-hydrogen) atoms. The van der Waals surface area contributed by atoms with Crippen molar-refractivity contribution < 1.29 is 22.0 Å². The lowest BCUT2D eigenvalue weighted by Crippen LogP contribution is -2.36. The molecule has 2 aromatic carbocycles. The zero-order valence-corrected chi connectivity index (χ0v) is 13.1. The fourth-order valence-electron chi connectivity index (χ4n) is 1.83. The summed E-state index contributed by atoms with van der Waals surface area (Å²) in [6, 6.07) is 13.0. The van der Waals surface area contributed by atoms with E-state index in [0.717, 1.165) is 23.8 Å². The number of benzene rings is 2. The van der Waals surface area contributed by atoms with Crippen LogP contribution in [0.5, 0.6) is 0 Å². The van der Waals surface area contributed by atoms with Crippen molar-refractivity contribution >= 4 is 21.7 Å². The molecular formula is C17H14F2O3S. The van der Waals surface area contributed by atoms with Crippen molar-refractivity contribution in [3.63, 3.8) is 0 Å². The van der Waals surface area contributed by atoms with Crippen LogP contribution < -0.4 is 0 Å². The lowest BCUT2D eigenvalue weighted by Gasteiger charge is -2.13. The maximum atomic E-state index is 14.1. The van der Waals surface area contributed by atoms with Crippen molar-refractivity contribution in [2.24, 2.45) is 0 Å². The van der Waals surface area contributed by atoms with Gasteiger partial charge < -0.3 is 0 Å². The molecule has 2 rings (SSSR count). The molecule has 0 saturated carbocycles. The van der Waals surface area contributed by atoms with Crippen molar-refractivity contribution in [1.29, 1.82) is 0 Å². The number of sulfone groups is 1. The molecular weight excluding hydrogens is 322 g/mol. The average molecular weight is 336 g/mol. The number of carbonyl (C=O) groups excluding carboxylic acids is 1. The third kappa shape index (κ3) is 3.53. The van der Waals surface area contributed by atoms with E-state index in [0.29, 0.717) is 11.6 Å². The molecule has 120 valence electrons. The Hall–Kier alpha value is -2.34. The monoisotopic (exact) mass is 336 g/mol. The minimum atomic E-state index is -5.08. The second kappa shape index (κ2) is 6.42. The Kier molecular flexibility index (Phi) is 4.75. The van der Waals surface area contributed by atoms with Crippen molar-refractivity contribution in [3.8, 4) is 0 Å². The second-order valence-electron chi connectivity index (χ2n) is 4.94. The molecule has 0 aliphatic carbocycles. The first-order chi connectivity index (χ1) is 10.7. The first kappa shape index (κ1) is 17.0. The highest BCUT2D eigenvalue weighted by Gasteiger charge is 2.51. The minimum Gasteiger partial charge on any atom is -0.287 e. The summed E-state index contributed by atoms with van der Waals surface area (Å²) in [6.45, 7) is 1.86. The molecule has 0 unspecified atom stereocenters. The SMILES string of the molecule is Cc1ccc(/C=C/C(=O)C(F)(F)S(=O)(=O)c2ccccc2)cc1. The van der Waals surface area contributed by atoms with E-state index in [-0.39, 0.29) is 0 Å². The van der Waals surface area contributed by atoms with E-state index in [2.05, 4.69) is 0 Å². The molecule has 0 amide bonds. The predicted octanol–water partition coefficient (Wildman–Crippen LogP) is 3.64. The van der Waals surface area contributed by atoms with Gasteiger partial charge in [0.15, 0.2) is 0 Å². The molecule has 0 heterocycles. The van der Waals surface area contributed by atoms with Gasteiger partial charge in [-0.05, 0) is 30.7 Å². The van der Waals surface area contributed by atoms with Crippen LogP contribution in [0.1, 0.15) is 11.1 Å². The molecule has 3 nitrogen and oxygen atoms in total. The Morgan fingerprint density at radius 3 is 2.13 bits per heavy atom. The van der Waals surface area contributed by atoms with Gasteiger partial charge in [0.1, 0.15) is 0 Å². The third-order valence-electron chi connectivity index (χ3n) is 3.18. The number of allylic oxidation sites excluding steroid dienone is 1. The van der Waals surface area contributed by atoms with Crippen LogP contribution in [0.3, 0.4) is 0 Å². The quantitative estimate of drug-likeness (QED) is 0.783. The number of halogens is 2. The van der Waals surface area contributed by atoms with E-state index >= 15 is 0 Å². The Morgan fingerprint density at radius 1 is 1.00 bits per heavy atom. The zero-order chi connectivity index (χ0) is 17.1. The Labute approximate surface area is 133 Å². The van der Waals surface area contributed by atoms with Gasteiger partial charge in [-0.15, -0.1) is 0 Å². The van der Waals surface area contributed by atoms with Crippen molar-refractivity contribution in [2.75, 3.05) is 0 Å². The number of rotatable bonds is 5. The normalized spacial score (nSPS) is 12.5. The predicted molar refractivity (Wildman–Crippen MR) is 83.8 cm³/mol. The zero-order valence-electron chi connectivity index (χ0n) is 12.2. The first-order valence-electron chi connectivity index (χ1n) is 6.72. The number of aryl methyl sites for hydroxylation is 1. The summed E-state index contributed by atoms with van der Waals surface area (Å²) in [5.41, 5.74) is 1.50. The second-order valence-corrected chi connectivity index (χ2v) is 6.93. The van der Waals surface area contributed by atoms with Crippen LogP contribution in [0.2, 0.25) is 0 Å². The summed E-state index contributed by atoms with van der Waals surface area (Å²) in [5.74, 6) is -1.78. The van der Waals surface area contributed by atoms with Gasteiger partial charge in [0.25, 0.3) is 9.84 Å². The summed E-state index contributed by atoms with van der Waals surface area (Å²) < 4.78 is 52.0. The molecule has 2 aromatic rings. The number of hydrogen-bond acceptors (Lipinski definition) is 3. The summed E-state index contributed by atoms with van der Waals surface area (Å²) in [5, 5.41) is -4.52. The molecule has 0 fully saturated rings. The van der Waals surface area contributed by atoms with E-state index in [1.165, 1.54) is 18.2 Å². The summed E-state index contributed by atoms with van der Waals surface area (Å²) in [7, 11) is -5.08. The van der Waals surface area contributed by atoms with Gasteiger partial charge in [0.05, 0.1) is 4.90 Å². The van der Waals surface area contributed by atoms with E-state index in [9.17, 15) is 22.0 Å². The van der Waals surface area contributed by atoms with Crippen molar-refractivity contribution in [3.05, 3.63) is 71.8 Å². The van der Waals surface area contributed by atoms with Gasteiger partial charge in [-0.25, -0.2) is 8.42 Å². The average Bonchev–Trinajstić information content (AvgIpc) is 2.54. The van der Waals surface area contributed by atoms with Gasteiger partial charge in [-0.1, -0.05) is 54.1 Å². The van der Waals surface area contributed by atoms with E-state index in [1.54, 1.807) is 24.3 Å². The van der Waals surface area contributed by atoms with Crippen LogP contribution in [0.15, 0.2) is 65.6 Å². The Balaban J connectivity index is 2.28. The first-order valence-corrected chi connectivity index (χ1v) is 8.20. The highest BCUT2D eigenvalue weighted by Crippen LogP contribution is 2.30. The summed E-state index contributed by atoms with van der Waals surface area (Å²) >= 11 is 0. The molecule has 0 N–H and O–H groups in total. The largest absolute Gasteiger partial charge is 0.410 e. The molecule has 0 aliphatic rings. The fourth-order valence-corrected chi connectivity index (χ4v) is 2.97. The summed E-state index contributed by atoms with van der Waals surface area (Å²) in [4.78, 5) is 11.1.